The van der Waals surface area contributed by atoms with Crippen LogP contribution in [0.25, 0.3) is 0 Å². The number of methoxy groups -OCH3 is 3. The Morgan fingerprint density at radius 2 is 1.56 bits per heavy atom. The third-order valence-corrected chi connectivity index (χ3v) is 6.73. The van der Waals surface area contributed by atoms with Gasteiger partial charge in [0.05, 0.1) is 26.2 Å². The monoisotopic (exact) mass is 514 g/mol. The number of likely N-dealkylation sites (N-methyl/N-ethyl adjacent to an activating group) is 1. The van der Waals surface area contributed by atoms with Crippen LogP contribution in [-0.4, -0.2) is 54.2 Å². The van der Waals surface area contributed by atoms with E-state index >= 15 is 0 Å². The summed E-state index contributed by atoms with van der Waals surface area (Å²) >= 11 is 0. The molecule has 0 unspecified atom stereocenters. The largest absolute Gasteiger partial charge is 0.493 e. The number of ether oxygens (including phenoxy) is 4. The lowest BCUT2D eigenvalue weighted by molar-refractivity contribution is -0.132. The van der Waals surface area contributed by atoms with Gasteiger partial charge < -0.3 is 23.8 Å². The van der Waals surface area contributed by atoms with Crippen molar-refractivity contribution >= 4 is 21.6 Å². The van der Waals surface area contributed by atoms with Gasteiger partial charge in [-0.05, 0) is 66.6 Å². The van der Waals surface area contributed by atoms with Crippen molar-refractivity contribution < 1.29 is 32.2 Å². The molecule has 3 rings (SSSR count). The van der Waals surface area contributed by atoms with E-state index in [0.717, 1.165) is 11.1 Å². The number of sulfonamides is 1. The van der Waals surface area contributed by atoms with Crippen LogP contribution in [0.3, 0.4) is 0 Å². The third-order valence-electron chi connectivity index (χ3n) is 5.34. The van der Waals surface area contributed by atoms with Gasteiger partial charge in [-0.15, -0.1) is 0 Å². The van der Waals surface area contributed by atoms with Gasteiger partial charge in [0.15, 0.2) is 18.1 Å². The SMILES string of the molecule is COc1cc(CN(C)C(=O)COc2ccc(S(=O)(=O)Nc3cccc(C)c3)cc2)cc(OC)c1OC. The highest BCUT2D eigenvalue weighted by molar-refractivity contribution is 7.92. The van der Waals surface area contributed by atoms with Crippen molar-refractivity contribution in [3.8, 4) is 23.0 Å². The fourth-order valence-electron chi connectivity index (χ4n) is 3.48. The summed E-state index contributed by atoms with van der Waals surface area (Å²) in [6, 6.07) is 16.5. The molecule has 0 aliphatic heterocycles. The Morgan fingerprint density at radius 1 is 0.917 bits per heavy atom. The Hall–Kier alpha value is -3.92. The van der Waals surface area contributed by atoms with E-state index in [1.807, 2.05) is 13.0 Å². The van der Waals surface area contributed by atoms with E-state index in [1.165, 1.54) is 50.5 Å². The summed E-state index contributed by atoms with van der Waals surface area (Å²) < 4.78 is 49.5. The molecule has 0 bridgehead atoms. The summed E-state index contributed by atoms with van der Waals surface area (Å²) in [5.41, 5.74) is 2.21. The highest BCUT2D eigenvalue weighted by Gasteiger charge is 2.17. The Kier molecular flexibility index (Phi) is 8.65. The molecule has 1 amide bonds. The van der Waals surface area contributed by atoms with Gasteiger partial charge in [-0.1, -0.05) is 12.1 Å². The van der Waals surface area contributed by atoms with Crippen LogP contribution in [0.2, 0.25) is 0 Å². The summed E-state index contributed by atoms with van der Waals surface area (Å²) in [6.07, 6.45) is 0. The van der Waals surface area contributed by atoms with Crippen molar-refractivity contribution in [2.45, 2.75) is 18.4 Å². The van der Waals surface area contributed by atoms with Gasteiger partial charge in [0.2, 0.25) is 5.75 Å². The van der Waals surface area contributed by atoms with Crippen molar-refractivity contribution in [3.63, 3.8) is 0 Å². The molecule has 0 radical (unpaired) electrons. The number of aryl methyl sites for hydroxylation is 1. The topological polar surface area (TPSA) is 103 Å². The quantitative estimate of drug-likeness (QED) is 0.414. The van der Waals surface area contributed by atoms with Crippen molar-refractivity contribution in [3.05, 3.63) is 71.8 Å². The Morgan fingerprint density at radius 3 is 2.11 bits per heavy atom. The molecule has 0 fully saturated rings. The van der Waals surface area contributed by atoms with E-state index in [9.17, 15) is 13.2 Å². The number of benzene rings is 3. The number of amides is 1. The predicted molar refractivity (Wildman–Crippen MR) is 136 cm³/mol. The lowest BCUT2D eigenvalue weighted by Crippen LogP contribution is -2.31. The number of hydrogen-bond donors (Lipinski definition) is 1. The maximum Gasteiger partial charge on any atom is 0.261 e. The lowest BCUT2D eigenvalue weighted by atomic mass is 10.1. The van der Waals surface area contributed by atoms with Gasteiger partial charge in [0, 0.05) is 19.3 Å². The number of nitrogens with one attached hydrogen (secondary N) is 1. The maximum atomic E-state index is 12.6. The van der Waals surface area contributed by atoms with E-state index in [2.05, 4.69) is 4.72 Å². The molecule has 0 aliphatic carbocycles. The van der Waals surface area contributed by atoms with E-state index < -0.39 is 10.0 Å². The van der Waals surface area contributed by atoms with Crippen molar-refractivity contribution in [1.29, 1.82) is 0 Å². The lowest BCUT2D eigenvalue weighted by Gasteiger charge is -2.20. The second-order valence-corrected chi connectivity index (χ2v) is 9.70. The van der Waals surface area contributed by atoms with Crippen LogP contribution in [0.1, 0.15) is 11.1 Å². The Labute approximate surface area is 211 Å². The summed E-state index contributed by atoms with van der Waals surface area (Å²) in [4.78, 5) is 14.2. The Balaban J connectivity index is 1.60. The summed E-state index contributed by atoms with van der Waals surface area (Å²) in [7, 11) is 2.48. The van der Waals surface area contributed by atoms with Crippen LogP contribution in [-0.2, 0) is 21.4 Å². The molecule has 0 saturated carbocycles. The third kappa shape index (κ3) is 6.60. The molecule has 1 N–H and O–H groups in total. The second-order valence-electron chi connectivity index (χ2n) is 8.02. The molecule has 0 spiro atoms. The van der Waals surface area contributed by atoms with Crippen LogP contribution < -0.4 is 23.7 Å². The minimum atomic E-state index is -3.75. The Bertz CT molecular complexity index is 1280. The normalized spacial score (nSPS) is 10.9. The number of carbonyl (C=O) groups excluding carboxylic acids is 1. The van der Waals surface area contributed by atoms with Gasteiger partial charge in [-0.2, -0.15) is 0 Å². The molecular weight excluding hydrogens is 484 g/mol. The number of hydrogen-bond acceptors (Lipinski definition) is 7. The number of nitrogens with zero attached hydrogens (tertiary/aromatic N) is 1. The first-order valence-electron chi connectivity index (χ1n) is 11.0. The maximum absolute atomic E-state index is 12.6. The van der Waals surface area contributed by atoms with Gasteiger partial charge in [-0.25, -0.2) is 8.42 Å². The molecule has 0 atom stereocenters. The number of anilines is 1. The molecule has 10 heteroatoms. The molecule has 3 aromatic rings. The fraction of sp³-hybridized carbons (Fsp3) is 0.269. The first-order valence-corrected chi connectivity index (χ1v) is 12.5. The zero-order valence-corrected chi connectivity index (χ0v) is 21.7. The zero-order chi connectivity index (χ0) is 26.3. The van der Waals surface area contributed by atoms with E-state index in [1.54, 1.807) is 37.4 Å². The molecule has 0 aromatic heterocycles. The summed E-state index contributed by atoms with van der Waals surface area (Å²) in [5.74, 6) is 1.58. The van der Waals surface area contributed by atoms with Crippen LogP contribution in [0.15, 0.2) is 65.6 Å². The van der Waals surface area contributed by atoms with Gasteiger partial charge in [-0.3, -0.25) is 9.52 Å². The molecule has 0 heterocycles. The van der Waals surface area contributed by atoms with Crippen LogP contribution in [0.4, 0.5) is 5.69 Å². The van der Waals surface area contributed by atoms with Crippen LogP contribution in [0, 0.1) is 6.92 Å². The molecule has 3 aromatic carbocycles. The molecule has 0 aliphatic rings. The molecule has 9 nitrogen and oxygen atoms in total. The standard InChI is InChI=1S/C26H30N2O7S/c1-18-7-6-8-20(13-18)27-36(30,31)22-11-9-21(10-12-22)35-17-25(29)28(2)16-19-14-23(32-3)26(34-5)24(15-19)33-4/h6-15,27H,16-17H2,1-5H3. The number of carbonyl (C=O) groups is 1. The zero-order valence-electron chi connectivity index (χ0n) is 20.9. The number of rotatable bonds is 11. The molecule has 36 heavy (non-hydrogen) atoms. The highest BCUT2D eigenvalue weighted by atomic mass is 32.2. The first-order chi connectivity index (χ1) is 17.2. The smallest absolute Gasteiger partial charge is 0.261 e. The van der Waals surface area contributed by atoms with E-state index in [0.29, 0.717) is 35.2 Å². The van der Waals surface area contributed by atoms with Crippen LogP contribution in [0.5, 0.6) is 23.0 Å². The highest BCUT2D eigenvalue weighted by Crippen LogP contribution is 2.38. The van der Waals surface area contributed by atoms with Gasteiger partial charge in [0.1, 0.15) is 5.75 Å². The second kappa shape index (κ2) is 11.7. The molecule has 192 valence electrons. The first kappa shape index (κ1) is 26.7. The van der Waals surface area contributed by atoms with E-state index in [-0.39, 0.29) is 17.4 Å². The minimum absolute atomic E-state index is 0.0854. The van der Waals surface area contributed by atoms with Gasteiger partial charge in [0.25, 0.3) is 15.9 Å². The summed E-state index contributed by atoms with van der Waals surface area (Å²) in [6.45, 7) is 1.96. The average Bonchev–Trinajstić information content (AvgIpc) is 2.86. The predicted octanol–water partition coefficient (Wildman–Crippen LogP) is 3.86. The van der Waals surface area contributed by atoms with Crippen molar-refractivity contribution in [2.24, 2.45) is 0 Å². The van der Waals surface area contributed by atoms with Crippen molar-refractivity contribution in [1.82, 2.24) is 4.90 Å². The van der Waals surface area contributed by atoms with Crippen LogP contribution >= 0.6 is 0 Å². The molecular formula is C26H30N2O7S. The van der Waals surface area contributed by atoms with Crippen molar-refractivity contribution in [2.75, 3.05) is 39.7 Å². The fourth-order valence-corrected chi connectivity index (χ4v) is 4.53. The molecule has 0 saturated heterocycles. The van der Waals surface area contributed by atoms with Gasteiger partial charge >= 0.3 is 0 Å². The minimum Gasteiger partial charge on any atom is -0.493 e. The average molecular weight is 515 g/mol. The summed E-state index contributed by atoms with van der Waals surface area (Å²) in [5, 5.41) is 0. The van der Waals surface area contributed by atoms with E-state index in [4.69, 9.17) is 18.9 Å².